The maximum Gasteiger partial charge on any atom is 0.220 e. The number of benzene rings is 2. The first-order valence-corrected chi connectivity index (χ1v) is 6.96. The molecular formula is C14H11Cl2N3S. The molecule has 6 heteroatoms. The quantitative estimate of drug-likeness (QED) is 0.613. The van der Waals surface area contributed by atoms with E-state index >= 15 is 0 Å². The molecule has 3 nitrogen and oxygen atoms in total. The molecular weight excluding hydrogens is 313 g/mol. The second kappa shape index (κ2) is 6.79. The summed E-state index contributed by atoms with van der Waals surface area (Å²) in [6, 6.07) is 15.0. The van der Waals surface area contributed by atoms with Crippen molar-refractivity contribution in [2.24, 2.45) is 5.11 Å². The van der Waals surface area contributed by atoms with Gasteiger partial charge in [0.25, 0.3) is 0 Å². The molecule has 2 aromatic carbocycles. The summed E-state index contributed by atoms with van der Waals surface area (Å²) in [5, 5.41) is 4.43. The van der Waals surface area contributed by atoms with Crippen LogP contribution < -0.4 is 4.90 Å². The number of nitrogens with zero attached hydrogens (tertiary/aromatic N) is 2. The third-order valence-electron chi connectivity index (χ3n) is 2.72. The molecule has 2 rings (SSSR count). The van der Waals surface area contributed by atoms with Gasteiger partial charge in [0.15, 0.2) is 0 Å². The molecule has 0 aliphatic heterocycles. The molecule has 0 aliphatic carbocycles. The molecule has 0 aromatic heterocycles. The smallest absolute Gasteiger partial charge is 0.220 e. The van der Waals surface area contributed by atoms with Crippen LogP contribution in [0.5, 0.6) is 0 Å². The van der Waals surface area contributed by atoms with Crippen molar-refractivity contribution in [1.82, 2.24) is 0 Å². The Morgan fingerprint density at radius 1 is 1.10 bits per heavy atom. The van der Waals surface area contributed by atoms with E-state index in [9.17, 15) is 0 Å². The zero-order valence-corrected chi connectivity index (χ0v) is 12.7. The average Bonchev–Trinajstić information content (AvgIpc) is 2.48. The minimum Gasteiger partial charge on any atom is -0.311 e. The molecule has 0 bridgehead atoms. The lowest BCUT2D eigenvalue weighted by atomic mass is 10.2. The first-order chi connectivity index (χ1) is 9.61. The maximum absolute atomic E-state index is 7.13. The van der Waals surface area contributed by atoms with Gasteiger partial charge in [0.1, 0.15) is 0 Å². The number of anilines is 1. The highest BCUT2D eigenvalue weighted by Gasteiger charge is 2.13. The van der Waals surface area contributed by atoms with Gasteiger partial charge in [0.2, 0.25) is 5.11 Å². The fraction of sp³-hybridized carbons (Fsp3) is 0.0714. The van der Waals surface area contributed by atoms with Crippen molar-refractivity contribution in [2.45, 2.75) is 6.54 Å². The van der Waals surface area contributed by atoms with Gasteiger partial charge in [-0.05, 0) is 36.0 Å². The van der Waals surface area contributed by atoms with Gasteiger partial charge in [-0.25, -0.2) is 5.53 Å². The first kappa shape index (κ1) is 14.9. The summed E-state index contributed by atoms with van der Waals surface area (Å²) in [7, 11) is 0. The van der Waals surface area contributed by atoms with Crippen LogP contribution in [0.25, 0.3) is 0 Å². The van der Waals surface area contributed by atoms with Crippen LogP contribution in [0.1, 0.15) is 5.56 Å². The lowest BCUT2D eigenvalue weighted by molar-refractivity contribution is 0.989. The highest BCUT2D eigenvalue weighted by Crippen LogP contribution is 2.28. The fourth-order valence-electron chi connectivity index (χ4n) is 1.75. The molecule has 0 unspecified atom stereocenters. The second-order valence-electron chi connectivity index (χ2n) is 4.06. The minimum absolute atomic E-state index is 0.173. The van der Waals surface area contributed by atoms with Gasteiger partial charge in [-0.1, -0.05) is 53.5 Å². The molecule has 20 heavy (non-hydrogen) atoms. The number of thiocarbonyl (C=S) groups is 1. The second-order valence-corrected chi connectivity index (χ2v) is 5.24. The van der Waals surface area contributed by atoms with Crippen molar-refractivity contribution in [3.8, 4) is 0 Å². The van der Waals surface area contributed by atoms with E-state index in [2.05, 4.69) is 5.11 Å². The van der Waals surface area contributed by atoms with E-state index in [-0.39, 0.29) is 5.11 Å². The lowest BCUT2D eigenvalue weighted by Crippen LogP contribution is -2.27. The Bertz CT molecular complexity index is 632. The van der Waals surface area contributed by atoms with Crippen molar-refractivity contribution in [1.29, 1.82) is 5.53 Å². The van der Waals surface area contributed by atoms with Crippen LogP contribution in [0.15, 0.2) is 53.6 Å². The van der Waals surface area contributed by atoms with Crippen LogP contribution in [-0.2, 0) is 6.54 Å². The van der Waals surface area contributed by atoms with Gasteiger partial charge < -0.3 is 4.90 Å². The lowest BCUT2D eigenvalue weighted by Gasteiger charge is -2.22. The molecule has 2 aromatic rings. The largest absolute Gasteiger partial charge is 0.311 e. The van der Waals surface area contributed by atoms with Crippen molar-refractivity contribution < 1.29 is 0 Å². The van der Waals surface area contributed by atoms with Crippen LogP contribution in [0, 0.1) is 5.53 Å². The van der Waals surface area contributed by atoms with Crippen molar-refractivity contribution in [3.05, 3.63) is 64.1 Å². The molecule has 1 N–H and O–H groups in total. The zero-order chi connectivity index (χ0) is 14.5. The SMILES string of the molecule is N=NC(=S)N(Cc1ccccc1)c1ccc(Cl)c(Cl)c1. The van der Waals surface area contributed by atoms with Crippen LogP contribution >= 0.6 is 35.4 Å². The van der Waals surface area contributed by atoms with Gasteiger partial charge in [-0.2, -0.15) is 0 Å². The summed E-state index contributed by atoms with van der Waals surface area (Å²) in [5.74, 6) is 0. The highest BCUT2D eigenvalue weighted by molar-refractivity contribution is 7.80. The Morgan fingerprint density at radius 2 is 1.80 bits per heavy atom. The number of nitrogens with one attached hydrogen (secondary N) is 1. The van der Waals surface area contributed by atoms with Crippen LogP contribution in [0.3, 0.4) is 0 Å². The number of rotatable bonds is 3. The molecule has 0 fully saturated rings. The topological polar surface area (TPSA) is 39.5 Å². The van der Waals surface area contributed by atoms with E-state index in [0.29, 0.717) is 16.6 Å². The van der Waals surface area contributed by atoms with Crippen LogP contribution in [-0.4, -0.2) is 5.11 Å². The van der Waals surface area contributed by atoms with Gasteiger partial charge in [0, 0.05) is 5.69 Å². The maximum atomic E-state index is 7.13. The Morgan fingerprint density at radius 3 is 2.40 bits per heavy atom. The van der Waals surface area contributed by atoms with E-state index in [4.69, 9.17) is 41.0 Å². The Balaban J connectivity index is 2.34. The molecule has 0 radical (unpaired) electrons. The Kier molecular flexibility index (Phi) is 5.06. The van der Waals surface area contributed by atoms with Gasteiger partial charge in [-0.3, -0.25) is 0 Å². The standard InChI is InChI=1S/C14H11Cl2N3S/c15-12-7-6-11(8-13(12)16)19(14(20)18-17)9-10-4-2-1-3-5-10/h1-8,17H,9H2. The molecule has 0 heterocycles. The monoisotopic (exact) mass is 323 g/mol. The minimum atomic E-state index is 0.173. The summed E-state index contributed by atoms with van der Waals surface area (Å²) in [6.07, 6.45) is 0. The van der Waals surface area contributed by atoms with E-state index < -0.39 is 0 Å². The van der Waals surface area contributed by atoms with Gasteiger partial charge in [-0.15, -0.1) is 5.11 Å². The Hall–Kier alpha value is -1.49. The summed E-state index contributed by atoms with van der Waals surface area (Å²) in [6.45, 7) is 0.514. The van der Waals surface area contributed by atoms with E-state index in [1.54, 1.807) is 23.1 Å². The normalized spacial score (nSPS) is 10.1. The van der Waals surface area contributed by atoms with Crippen LogP contribution in [0.2, 0.25) is 10.0 Å². The molecule has 0 saturated carbocycles. The summed E-state index contributed by atoms with van der Waals surface area (Å²) >= 11 is 17.1. The number of hydrogen-bond acceptors (Lipinski definition) is 2. The third kappa shape index (κ3) is 3.54. The average molecular weight is 324 g/mol. The first-order valence-electron chi connectivity index (χ1n) is 5.80. The number of hydrogen-bond donors (Lipinski definition) is 1. The van der Waals surface area contributed by atoms with Crippen molar-refractivity contribution in [2.75, 3.05) is 4.90 Å². The van der Waals surface area contributed by atoms with Gasteiger partial charge >= 0.3 is 0 Å². The zero-order valence-electron chi connectivity index (χ0n) is 10.4. The van der Waals surface area contributed by atoms with Crippen molar-refractivity contribution in [3.63, 3.8) is 0 Å². The number of halogens is 2. The van der Waals surface area contributed by atoms with Gasteiger partial charge in [0.05, 0.1) is 16.6 Å². The van der Waals surface area contributed by atoms with E-state index in [0.717, 1.165) is 11.3 Å². The van der Waals surface area contributed by atoms with E-state index in [1.807, 2.05) is 30.3 Å². The molecule has 0 amide bonds. The molecule has 0 aliphatic rings. The molecule has 102 valence electrons. The van der Waals surface area contributed by atoms with Crippen molar-refractivity contribution >= 4 is 46.2 Å². The predicted octanol–water partition coefficient (Wildman–Crippen LogP) is 5.32. The highest BCUT2D eigenvalue weighted by atomic mass is 35.5. The molecule has 0 saturated heterocycles. The molecule has 0 spiro atoms. The summed E-state index contributed by atoms with van der Waals surface area (Å²) < 4.78 is 0. The summed E-state index contributed by atoms with van der Waals surface area (Å²) in [4.78, 5) is 1.74. The van der Waals surface area contributed by atoms with E-state index in [1.165, 1.54) is 0 Å². The summed E-state index contributed by atoms with van der Waals surface area (Å²) in [5.41, 5.74) is 8.95. The molecule has 0 atom stereocenters. The predicted molar refractivity (Wildman–Crippen MR) is 86.8 cm³/mol. The Labute approximate surface area is 132 Å². The van der Waals surface area contributed by atoms with Crippen LogP contribution in [0.4, 0.5) is 5.69 Å². The third-order valence-corrected chi connectivity index (χ3v) is 3.78. The fourth-order valence-corrected chi connectivity index (χ4v) is 2.21.